The van der Waals surface area contributed by atoms with Crippen LogP contribution in [0.3, 0.4) is 0 Å². The molecule has 1 saturated carbocycles. The van der Waals surface area contributed by atoms with Crippen molar-refractivity contribution >= 4 is 24.0 Å². The molecule has 1 N–H and O–H groups in total. The molecule has 1 amide bonds. The van der Waals surface area contributed by atoms with E-state index in [0.717, 1.165) is 63.1 Å². The van der Waals surface area contributed by atoms with Gasteiger partial charge in [-0.1, -0.05) is 12.1 Å². The van der Waals surface area contributed by atoms with Crippen LogP contribution in [0.15, 0.2) is 24.3 Å². The first kappa shape index (κ1) is 22.1. The number of benzene rings is 1. The van der Waals surface area contributed by atoms with Gasteiger partial charge in [-0.3, -0.25) is 9.69 Å². The Hall–Kier alpha value is -1.10. The lowest BCUT2D eigenvalue weighted by Gasteiger charge is -2.44. The molecule has 3 saturated heterocycles. The predicted octanol–water partition coefficient (Wildman–Crippen LogP) is 4.73. The minimum absolute atomic E-state index is 0. The lowest BCUT2D eigenvalue weighted by molar-refractivity contribution is -0.132. The molecule has 3 heterocycles. The Balaban J connectivity index is 0.00000218. The third kappa shape index (κ3) is 4.03. The van der Waals surface area contributed by atoms with Crippen molar-refractivity contribution in [1.82, 2.24) is 10.2 Å². The number of carbonyl (C=O) groups is 1. The van der Waals surface area contributed by atoms with Gasteiger partial charge in [0.25, 0.3) is 0 Å². The molecule has 3 unspecified atom stereocenters. The highest BCUT2D eigenvalue weighted by molar-refractivity contribution is 5.98. The first-order valence-electron chi connectivity index (χ1n) is 12.0. The SMILES string of the molecule is CC1CCCN1C1CCC(c2ccc(N3CCCC4(CCNCC4)C3=O)cc2)C1.Cl. The number of hydrogen-bond acceptors (Lipinski definition) is 3. The second-order valence-electron chi connectivity index (χ2n) is 10.1. The van der Waals surface area contributed by atoms with Crippen molar-refractivity contribution in [2.75, 3.05) is 31.1 Å². The Kier molecular flexibility index (Phi) is 6.76. The largest absolute Gasteiger partial charge is 0.317 e. The van der Waals surface area contributed by atoms with E-state index < -0.39 is 0 Å². The molecular weight excluding hydrogens is 394 g/mol. The van der Waals surface area contributed by atoms with Crippen molar-refractivity contribution < 1.29 is 4.79 Å². The second kappa shape index (κ2) is 9.18. The van der Waals surface area contributed by atoms with Gasteiger partial charge in [0.05, 0.1) is 5.41 Å². The van der Waals surface area contributed by atoms with Crippen LogP contribution in [0, 0.1) is 5.41 Å². The summed E-state index contributed by atoms with van der Waals surface area (Å²) < 4.78 is 0. The summed E-state index contributed by atoms with van der Waals surface area (Å²) in [6.45, 7) is 6.55. The Morgan fingerprint density at radius 1 is 0.967 bits per heavy atom. The molecule has 0 aromatic heterocycles. The monoisotopic (exact) mass is 431 g/mol. The number of piperidine rings is 2. The Morgan fingerprint density at radius 2 is 1.73 bits per heavy atom. The van der Waals surface area contributed by atoms with E-state index in [2.05, 4.69) is 46.3 Å². The summed E-state index contributed by atoms with van der Waals surface area (Å²) in [5.74, 6) is 1.07. The zero-order chi connectivity index (χ0) is 19.8. The van der Waals surface area contributed by atoms with Crippen molar-refractivity contribution in [3.05, 3.63) is 29.8 Å². The van der Waals surface area contributed by atoms with Crippen LogP contribution in [0.25, 0.3) is 0 Å². The minimum Gasteiger partial charge on any atom is -0.317 e. The zero-order valence-corrected chi connectivity index (χ0v) is 19.3. The van der Waals surface area contributed by atoms with Crippen LogP contribution in [0.4, 0.5) is 5.69 Å². The van der Waals surface area contributed by atoms with Gasteiger partial charge in [-0.2, -0.15) is 0 Å². The average Bonchev–Trinajstić information content (AvgIpc) is 3.40. The first-order chi connectivity index (χ1) is 14.2. The molecule has 0 radical (unpaired) electrons. The summed E-state index contributed by atoms with van der Waals surface area (Å²) >= 11 is 0. The third-order valence-electron chi connectivity index (χ3n) is 8.45. The fourth-order valence-electron chi connectivity index (χ4n) is 6.67. The fourth-order valence-corrected chi connectivity index (χ4v) is 6.67. The van der Waals surface area contributed by atoms with E-state index in [4.69, 9.17) is 0 Å². The fraction of sp³-hybridized carbons (Fsp3) is 0.720. The Morgan fingerprint density at radius 3 is 2.43 bits per heavy atom. The van der Waals surface area contributed by atoms with Gasteiger partial charge in [-0.25, -0.2) is 0 Å². The normalized spacial score (nSPS) is 31.8. The number of likely N-dealkylation sites (tertiary alicyclic amines) is 1. The standard InChI is InChI=1S/C25H37N3O.ClH/c1-19-4-2-16-27(19)23-10-7-21(18-23)20-5-8-22(9-6-20)28-17-3-11-25(24(28)29)12-14-26-15-13-25;/h5-6,8-9,19,21,23,26H,2-4,7,10-18H2,1H3;1H. The summed E-state index contributed by atoms with van der Waals surface area (Å²) in [6, 6.07) is 10.6. The highest BCUT2D eigenvalue weighted by atomic mass is 35.5. The van der Waals surface area contributed by atoms with Crippen LogP contribution in [0.5, 0.6) is 0 Å². The molecule has 4 aliphatic rings. The second-order valence-corrected chi connectivity index (χ2v) is 10.1. The molecule has 1 aliphatic carbocycles. The van der Waals surface area contributed by atoms with Gasteiger partial charge in [0.1, 0.15) is 0 Å². The van der Waals surface area contributed by atoms with E-state index in [-0.39, 0.29) is 17.8 Å². The predicted molar refractivity (Wildman–Crippen MR) is 126 cm³/mol. The van der Waals surface area contributed by atoms with Crippen LogP contribution in [-0.4, -0.2) is 49.1 Å². The number of halogens is 1. The summed E-state index contributed by atoms with van der Waals surface area (Å²) in [5, 5.41) is 3.42. The molecule has 1 aromatic rings. The van der Waals surface area contributed by atoms with Crippen LogP contribution >= 0.6 is 12.4 Å². The maximum atomic E-state index is 13.4. The van der Waals surface area contributed by atoms with E-state index >= 15 is 0 Å². The molecule has 3 atom stereocenters. The molecule has 30 heavy (non-hydrogen) atoms. The van der Waals surface area contributed by atoms with Crippen LogP contribution in [-0.2, 0) is 4.79 Å². The van der Waals surface area contributed by atoms with E-state index in [1.165, 1.54) is 44.2 Å². The molecule has 4 nitrogen and oxygen atoms in total. The summed E-state index contributed by atoms with van der Waals surface area (Å²) in [4.78, 5) is 18.2. The van der Waals surface area contributed by atoms with E-state index in [9.17, 15) is 4.79 Å². The summed E-state index contributed by atoms with van der Waals surface area (Å²) in [7, 11) is 0. The lowest BCUT2D eigenvalue weighted by atomic mass is 9.72. The van der Waals surface area contributed by atoms with Crippen molar-refractivity contribution in [1.29, 1.82) is 0 Å². The van der Waals surface area contributed by atoms with Gasteiger partial charge >= 0.3 is 0 Å². The molecule has 4 fully saturated rings. The molecule has 1 spiro atoms. The van der Waals surface area contributed by atoms with Gasteiger partial charge in [0.15, 0.2) is 0 Å². The number of anilines is 1. The number of amides is 1. The quantitative estimate of drug-likeness (QED) is 0.751. The van der Waals surface area contributed by atoms with Crippen molar-refractivity contribution in [2.24, 2.45) is 5.41 Å². The van der Waals surface area contributed by atoms with E-state index in [0.29, 0.717) is 11.8 Å². The molecule has 5 rings (SSSR count). The number of hydrogen-bond donors (Lipinski definition) is 1. The van der Waals surface area contributed by atoms with Crippen LogP contribution in [0.1, 0.15) is 76.2 Å². The Labute approximate surface area is 188 Å². The molecule has 0 bridgehead atoms. The minimum atomic E-state index is -0.104. The van der Waals surface area contributed by atoms with Gasteiger partial charge in [0.2, 0.25) is 5.91 Å². The highest BCUT2D eigenvalue weighted by Crippen LogP contribution is 2.42. The maximum absolute atomic E-state index is 13.4. The van der Waals surface area contributed by atoms with E-state index in [1.54, 1.807) is 0 Å². The first-order valence-corrected chi connectivity index (χ1v) is 12.0. The Bertz CT molecular complexity index is 725. The van der Waals surface area contributed by atoms with Crippen molar-refractivity contribution in [2.45, 2.75) is 82.7 Å². The highest BCUT2D eigenvalue weighted by Gasteiger charge is 2.44. The van der Waals surface area contributed by atoms with Crippen LogP contribution < -0.4 is 10.2 Å². The topological polar surface area (TPSA) is 35.6 Å². The maximum Gasteiger partial charge on any atom is 0.233 e. The third-order valence-corrected chi connectivity index (χ3v) is 8.45. The molecule has 5 heteroatoms. The van der Waals surface area contributed by atoms with Gasteiger partial charge < -0.3 is 10.2 Å². The zero-order valence-electron chi connectivity index (χ0n) is 18.4. The smallest absolute Gasteiger partial charge is 0.233 e. The molecule has 3 aliphatic heterocycles. The van der Waals surface area contributed by atoms with Gasteiger partial charge in [-0.05, 0) is 108 Å². The lowest BCUT2D eigenvalue weighted by Crippen LogP contribution is -2.53. The van der Waals surface area contributed by atoms with E-state index in [1.807, 2.05) is 0 Å². The summed E-state index contributed by atoms with van der Waals surface area (Å²) in [5.41, 5.74) is 2.48. The number of rotatable bonds is 3. The molecular formula is C25H38ClN3O. The number of nitrogens with zero attached hydrogens (tertiary/aromatic N) is 2. The molecule has 1 aromatic carbocycles. The van der Waals surface area contributed by atoms with Gasteiger partial charge in [-0.15, -0.1) is 12.4 Å². The number of nitrogens with one attached hydrogen (secondary N) is 1. The average molecular weight is 432 g/mol. The van der Waals surface area contributed by atoms with Crippen molar-refractivity contribution in [3.63, 3.8) is 0 Å². The van der Waals surface area contributed by atoms with Gasteiger partial charge in [0, 0.05) is 24.3 Å². The summed E-state index contributed by atoms with van der Waals surface area (Å²) in [6.07, 6.45) is 10.9. The molecule has 166 valence electrons. The number of carbonyl (C=O) groups excluding carboxylic acids is 1. The van der Waals surface area contributed by atoms with Crippen LogP contribution in [0.2, 0.25) is 0 Å². The van der Waals surface area contributed by atoms with Crippen molar-refractivity contribution in [3.8, 4) is 0 Å².